The molecule has 116 valence electrons. The molecule has 0 aliphatic carbocycles. The van der Waals surface area contributed by atoms with E-state index in [1.165, 1.54) is 6.42 Å². The van der Waals surface area contributed by atoms with E-state index in [0.29, 0.717) is 23.4 Å². The Labute approximate surface area is 132 Å². The fourth-order valence-electron chi connectivity index (χ4n) is 3.38. The average Bonchev–Trinajstić information content (AvgIpc) is 2.32. The summed E-state index contributed by atoms with van der Waals surface area (Å²) in [4.78, 5) is 14.5. The lowest BCUT2D eigenvalue weighted by molar-refractivity contribution is -0.117. The largest absolute Gasteiger partial charge is 0.323 e. The number of carbonyl (C=O) groups excluding carboxylic acids is 1. The number of aryl methyl sites for hydroxylation is 2. The fraction of sp³-hybridized carbons (Fsp3) is 0.588. The van der Waals surface area contributed by atoms with Crippen LogP contribution in [-0.4, -0.2) is 30.4 Å². The quantitative estimate of drug-likeness (QED) is 0.919. The van der Waals surface area contributed by atoms with Crippen molar-refractivity contribution >= 4 is 23.2 Å². The first kappa shape index (κ1) is 16.3. The van der Waals surface area contributed by atoms with Crippen molar-refractivity contribution in [2.45, 2.75) is 34.1 Å². The SMILES string of the molecule is Cc1cc(C)c(NC(=O)CN2C[C@H](C)C[C@@H](C)C2)c(Cl)c1. The predicted molar refractivity (Wildman–Crippen MR) is 88.9 cm³/mol. The molecule has 1 aliphatic heterocycles. The van der Waals surface area contributed by atoms with Gasteiger partial charge >= 0.3 is 0 Å². The lowest BCUT2D eigenvalue weighted by Gasteiger charge is -2.34. The number of benzene rings is 1. The van der Waals surface area contributed by atoms with E-state index in [4.69, 9.17) is 11.6 Å². The van der Waals surface area contributed by atoms with E-state index >= 15 is 0 Å². The van der Waals surface area contributed by atoms with Crippen LogP contribution in [0.25, 0.3) is 0 Å². The maximum atomic E-state index is 12.3. The van der Waals surface area contributed by atoms with E-state index < -0.39 is 0 Å². The summed E-state index contributed by atoms with van der Waals surface area (Å²) in [6, 6.07) is 3.92. The molecule has 2 rings (SSSR count). The number of hydrogen-bond acceptors (Lipinski definition) is 2. The van der Waals surface area contributed by atoms with Gasteiger partial charge in [0, 0.05) is 13.1 Å². The second-order valence-electron chi connectivity index (χ2n) is 6.63. The van der Waals surface area contributed by atoms with E-state index in [0.717, 1.165) is 29.9 Å². The number of likely N-dealkylation sites (tertiary alicyclic amines) is 1. The van der Waals surface area contributed by atoms with E-state index in [1.54, 1.807) is 0 Å². The summed E-state index contributed by atoms with van der Waals surface area (Å²) >= 11 is 6.24. The van der Waals surface area contributed by atoms with Gasteiger partial charge in [-0.25, -0.2) is 0 Å². The summed E-state index contributed by atoms with van der Waals surface area (Å²) in [5, 5.41) is 3.58. The van der Waals surface area contributed by atoms with Crippen LogP contribution < -0.4 is 5.32 Å². The molecule has 1 heterocycles. The van der Waals surface area contributed by atoms with Crippen molar-refractivity contribution < 1.29 is 4.79 Å². The summed E-state index contributed by atoms with van der Waals surface area (Å²) in [6.07, 6.45) is 1.25. The van der Waals surface area contributed by atoms with E-state index in [2.05, 4.69) is 24.1 Å². The first-order valence-corrected chi connectivity index (χ1v) is 8.02. The normalized spacial score (nSPS) is 23.1. The monoisotopic (exact) mass is 308 g/mol. The standard InChI is InChI=1S/C17H25ClN2O/c1-11-6-14(4)17(15(18)7-11)19-16(21)10-20-8-12(2)5-13(3)9-20/h6-7,12-13H,5,8-10H2,1-4H3,(H,19,21)/t12-,13-/m1/s1. The Hall–Kier alpha value is -1.06. The Balaban J connectivity index is 1.99. The number of halogens is 1. The maximum absolute atomic E-state index is 12.3. The molecule has 1 N–H and O–H groups in total. The zero-order chi connectivity index (χ0) is 15.6. The summed E-state index contributed by atoms with van der Waals surface area (Å²) < 4.78 is 0. The van der Waals surface area contributed by atoms with Crippen molar-refractivity contribution in [1.82, 2.24) is 4.90 Å². The number of nitrogens with zero attached hydrogens (tertiary/aromatic N) is 1. The minimum Gasteiger partial charge on any atom is -0.323 e. The lowest BCUT2D eigenvalue weighted by Crippen LogP contribution is -2.42. The molecule has 4 heteroatoms. The fourth-order valence-corrected chi connectivity index (χ4v) is 3.75. The molecule has 0 spiro atoms. The van der Waals surface area contributed by atoms with Gasteiger partial charge < -0.3 is 5.32 Å². The topological polar surface area (TPSA) is 32.3 Å². The highest BCUT2D eigenvalue weighted by Gasteiger charge is 2.23. The Morgan fingerprint density at radius 3 is 2.48 bits per heavy atom. The predicted octanol–water partition coefficient (Wildman–Crippen LogP) is 3.87. The van der Waals surface area contributed by atoms with Crippen molar-refractivity contribution in [3.8, 4) is 0 Å². The number of anilines is 1. The molecule has 0 aromatic heterocycles. The summed E-state index contributed by atoms with van der Waals surface area (Å²) in [7, 11) is 0. The Bertz CT molecular complexity index is 497. The Morgan fingerprint density at radius 2 is 1.90 bits per heavy atom. The van der Waals surface area contributed by atoms with Gasteiger partial charge in [-0.3, -0.25) is 9.69 Å². The molecular weight excluding hydrogens is 284 g/mol. The smallest absolute Gasteiger partial charge is 0.238 e. The highest BCUT2D eigenvalue weighted by atomic mass is 35.5. The third-order valence-electron chi connectivity index (χ3n) is 4.01. The molecule has 0 saturated carbocycles. The minimum atomic E-state index is 0.0187. The third kappa shape index (κ3) is 4.45. The van der Waals surface area contributed by atoms with E-state index in [-0.39, 0.29) is 5.91 Å². The molecule has 1 aromatic rings. The van der Waals surface area contributed by atoms with Crippen molar-refractivity contribution in [1.29, 1.82) is 0 Å². The molecule has 0 bridgehead atoms. The Morgan fingerprint density at radius 1 is 1.29 bits per heavy atom. The molecule has 2 atom stereocenters. The van der Waals surface area contributed by atoms with Crippen LogP contribution in [0.15, 0.2) is 12.1 Å². The van der Waals surface area contributed by atoms with Gasteiger partial charge in [0.2, 0.25) is 5.91 Å². The molecule has 0 radical (unpaired) electrons. The maximum Gasteiger partial charge on any atom is 0.238 e. The molecule has 1 saturated heterocycles. The second-order valence-corrected chi connectivity index (χ2v) is 7.03. The first-order valence-electron chi connectivity index (χ1n) is 7.64. The summed E-state index contributed by atoms with van der Waals surface area (Å²) in [6.45, 7) is 10.9. The highest BCUT2D eigenvalue weighted by Crippen LogP contribution is 2.27. The van der Waals surface area contributed by atoms with Crippen LogP contribution in [0.4, 0.5) is 5.69 Å². The first-order chi connectivity index (χ1) is 9.85. The van der Waals surface area contributed by atoms with Crippen LogP contribution in [-0.2, 0) is 4.79 Å². The molecule has 1 amide bonds. The number of amides is 1. The highest BCUT2D eigenvalue weighted by molar-refractivity contribution is 6.34. The van der Waals surface area contributed by atoms with Crippen molar-refractivity contribution in [3.63, 3.8) is 0 Å². The second kappa shape index (κ2) is 6.80. The van der Waals surface area contributed by atoms with Gasteiger partial charge in [0.05, 0.1) is 17.3 Å². The third-order valence-corrected chi connectivity index (χ3v) is 4.31. The number of carbonyl (C=O) groups is 1. The zero-order valence-corrected chi connectivity index (χ0v) is 14.1. The van der Waals surface area contributed by atoms with Gasteiger partial charge in [0.25, 0.3) is 0 Å². The van der Waals surface area contributed by atoms with Crippen molar-refractivity contribution in [2.75, 3.05) is 25.0 Å². The van der Waals surface area contributed by atoms with Gasteiger partial charge in [-0.05, 0) is 49.3 Å². The van der Waals surface area contributed by atoms with Crippen LogP contribution in [0.1, 0.15) is 31.4 Å². The Kier molecular flexibility index (Phi) is 5.28. The molecular formula is C17H25ClN2O. The summed E-state index contributed by atoms with van der Waals surface area (Å²) in [5.41, 5.74) is 2.85. The molecule has 1 fully saturated rings. The van der Waals surface area contributed by atoms with Crippen molar-refractivity contribution in [2.24, 2.45) is 11.8 Å². The summed E-state index contributed by atoms with van der Waals surface area (Å²) in [5.74, 6) is 1.34. The minimum absolute atomic E-state index is 0.0187. The van der Waals surface area contributed by atoms with Crippen LogP contribution >= 0.6 is 11.6 Å². The van der Waals surface area contributed by atoms with Gasteiger partial charge in [-0.1, -0.05) is 31.5 Å². The molecule has 1 aromatic carbocycles. The number of hydrogen-bond donors (Lipinski definition) is 1. The number of rotatable bonds is 3. The van der Waals surface area contributed by atoms with Crippen LogP contribution in [0, 0.1) is 25.7 Å². The number of nitrogens with one attached hydrogen (secondary N) is 1. The van der Waals surface area contributed by atoms with Gasteiger partial charge in [0.15, 0.2) is 0 Å². The van der Waals surface area contributed by atoms with Crippen LogP contribution in [0.5, 0.6) is 0 Å². The van der Waals surface area contributed by atoms with Gasteiger partial charge in [-0.2, -0.15) is 0 Å². The number of piperidine rings is 1. The zero-order valence-electron chi connectivity index (χ0n) is 13.4. The van der Waals surface area contributed by atoms with Gasteiger partial charge in [-0.15, -0.1) is 0 Å². The van der Waals surface area contributed by atoms with Crippen molar-refractivity contribution in [3.05, 3.63) is 28.3 Å². The van der Waals surface area contributed by atoms with E-state index in [1.807, 2.05) is 26.0 Å². The molecule has 3 nitrogen and oxygen atoms in total. The van der Waals surface area contributed by atoms with Gasteiger partial charge in [0.1, 0.15) is 0 Å². The molecule has 21 heavy (non-hydrogen) atoms. The molecule has 0 unspecified atom stereocenters. The molecule has 1 aliphatic rings. The van der Waals surface area contributed by atoms with Crippen LogP contribution in [0.2, 0.25) is 5.02 Å². The van der Waals surface area contributed by atoms with E-state index in [9.17, 15) is 4.79 Å². The average molecular weight is 309 g/mol. The van der Waals surface area contributed by atoms with Crippen LogP contribution in [0.3, 0.4) is 0 Å². The lowest BCUT2D eigenvalue weighted by atomic mass is 9.92.